The first-order valence-electron chi connectivity index (χ1n) is 8.10. The molecular formula is C17H15N5O4. The van der Waals surface area contributed by atoms with Gasteiger partial charge in [0, 0.05) is 24.7 Å². The van der Waals surface area contributed by atoms with E-state index in [0.29, 0.717) is 31.2 Å². The number of carbonyl (C=O) groups excluding carboxylic acids is 1. The maximum atomic E-state index is 12.7. The Morgan fingerprint density at radius 3 is 2.81 bits per heavy atom. The van der Waals surface area contributed by atoms with Crippen LogP contribution < -0.4 is 0 Å². The Labute approximate surface area is 147 Å². The van der Waals surface area contributed by atoms with Crippen LogP contribution in [0.1, 0.15) is 33.3 Å². The standard InChI is InChI=1S/C17H15N5O4/c23-16-13-9-12(17(24)25)19-22(13)8-4-7-21(16)10-14-18-15(20-26-14)11-5-2-1-3-6-11/h1-3,5-6,9H,4,7-8,10H2,(H,24,25). The van der Waals surface area contributed by atoms with Gasteiger partial charge < -0.3 is 14.5 Å². The summed E-state index contributed by atoms with van der Waals surface area (Å²) < 4.78 is 6.71. The molecule has 132 valence electrons. The van der Waals surface area contributed by atoms with E-state index in [0.717, 1.165) is 5.56 Å². The fraction of sp³-hybridized carbons (Fsp3) is 0.235. The van der Waals surface area contributed by atoms with Crippen molar-refractivity contribution in [3.05, 3.63) is 53.7 Å². The van der Waals surface area contributed by atoms with E-state index in [-0.39, 0.29) is 23.8 Å². The summed E-state index contributed by atoms with van der Waals surface area (Å²) in [5, 5.41) is 17.0. The van der Waals surface area contributed by atoms with Crippen molar-refractivity contribution in [2.24, 2.45) is 0 Å². The Morgan fingerprint density at radius 1 is 1.23 bits per heavy atom. The molecule has 0 fully saturated rings. The first kappa shape index (κ1) is 16.0. The van der Waals surface area contributed by atoms with Crippen LogP contribution in [0.5, 0.6) is 0 Å². The average Bonchev–Trinajstić information content (AvgIpc) is 3.25. The summed E-state index contributed by atoms with van der Waals surface area (Å²) in [4.78, 5) is 29.7. The highest BCUT2D eigenvalue weighted by Crippen LogP contribution is 2.19. The van der Waals surface area contributed by atoms with Crippen LogP contribution in [0.4, 0.5) is 0 Å². The summed E-state index contributed by atoms with van der Waals surface area (Å²) >= 11 is 0. The van der Waals surface area contributed by atoms with E-state index in [4.69, 9.17) is 9.63 Å². The predicted octanol–water partition coefficient (Wildman–Crippen LogP) is 1.68. The number of carbonyl (C=O) groups is 2. The number of hydrogen-bond acceptors (Lipinski definition) is 6. The molecule has 9 nitrogen and oxygen atoms in total. The Kier molecular flexibility index (Phi) is 3.96. The van der Waals surface area contributed by atoms with Gasteiger partial charge in [-0.2, -0.15) is 10.1 Å². The summed E-state index contributed by atoms with van der Waals surface area (Å²) in [5.41, 5.74) is 0.941. The van der Waals surface area contributed by atoms with Crippen LogP contribution in [-0.4, -0.2) is 48.3 Å². The molecule has 3 heterocycles. The van der Waals surface area contributed by atoms with E-state index in [1.807, 2.05) is 30.3 Å². The summed E-state index contributed by atoms with van der Waals surface area (Å²) in [6.07, 6.45) is 0.652. The van der Waals surface area contributed by atoms with Crippen LogP contribution in [0.3, 0.4) is 0 Å². The lowest BCUT2D eigenvalue weighted by Gasteiger charge is -2.17. The zero-order valence-electron chi connectivity index (χ0n) is 13.7. The molecule has 26 heavy (non-hydrogen) atoms. The molecule has 1 amide bonds. The SMILES string of the molecule is O=C(O)c1cc2n(n1)CCCN(Cc1nc(-c3ccccc3)no1)C2=O. The van der Waals surface area contributed by atoms with Gasteiger partial charge in [-0.3, -0.25) is 9.48 Å². The smallest absolute Gasteiger partial charge is 0.356 e. The van der Waals surface area contributed by atoms with E-state index in [1.54, 1.807) is 4.90 Å². The third kappa shape index (κ3) is 2.94. The largest absolute Gasteiger partial charge is 0.476 e. The molecule has 4 rings (SSSR count). The van der Waals surface area contributed by atoms with Crippen molar-refractivity contribution in [3.8, 4) is 11.4 Å². The van der Waals surface area contributed by atoms with E-state index < -0.39 is 5.97 Å². The number of nitrogens with zero attached hydrogens (tertiary/aromatic N) is 5. The highest BCUT2D eigenvalue weighted by Gasteiger charge is 2.27. The first-order chi connectivity index (χ1) is 12.6. The maximum absolute atomic E-state index is 12.7. The number of carboxylic acids is 1. The van der Waals surface area contributed by atoms with Crippen LogP contribution >= 0.6 is 0 Å². The number of rotatable bonds is 4. The minimum absolute atomic E-state index is 0.139. The maximum Gasteiger partial charge on any atom is 0.356 e. The lowest BCUT2D eigenvalue weighted by molar-refractivity contribution is 0.0689. The van der Waals surface area contributed by atoms with Crippen LogP contribution in [0.2, 0.25) is 0 Å². The molecule has 1 aliphatic heterocycles. The molecule has 0 saturated heterocycles. The van der Waals surface area contributed by atoms with Crippen molar-refractivity contribution < 1.29 is 19.2 Å². The second-order valence-electron chi connectivity index (χ2n) is 5.90. The lowest BCUT2D eigenvalue weighted by Crippen LogP contribution is -2.30. The van der Waals surface area contributed by atoms with Crippen LogP contribution in [0, 0.1) is 0 Å². The van der Waals surface area contributed by atoms with Gasteiger partial charge in [0.25, 0.3) is 5.91 Å². The van der Waals surface area contributed by atoms with Gasteiger partial charge in [-0.05, 0) is 6.42 Å². The third-order valence-corrected chi connectivity index (χ3v) is 4.13. The van der Waals surface area contributed by atoms with E-state index in [9.17, 15) is 9.59 Å². The van der Waals surface area contributed by atoms with Gasteiger partial charge in [-0.25, -0.2) is 4.79 Å². The fourth-order valence-corrected chi connectivity index (χ4v) is 2.88. The van der Waals surface area contributed by atoms with Gasteiger partial charge in [-0.15, -0.1) is 0 Å². The Morgan fingerprint density at radius 2 is 2.04 bits per heavy atom. The number of hydrogen-bond donors (Lipinski definition) is 1. The molecule has 3 aromatic rings. The van der Waals surface area contributed by atoms with Crippen LogP contribution in [-0.2, 0) is 13.1 Å². The number of fused-ring (bicyclic) bond motifs is 1. The zero-order valence-corrected chi connectivity index (χ0v) is 13.7. The Hall–Kier alpha value is -3.49. The summed E-state index contributed by atoms with van der Waals surface area (Å²) in [5.74, 6) is -0.680. The minimum atomic E-state index is -1.16. The van der Waals surface area contributed by atoms with Gasteiger partial charge in [0.1, 0.15) is 12.2 Å². The second kappa shape index (κ2) is 6.43. The van der Waals surface area contributed by atoms with Crippen molar-refractivity contribution >= 4 is 11.9 Å². The number of aryl methyl sites for hydroxylation is 1. The highest BCUT2D eigenvalue weighted by atomic mass is 16.5. The topological polar surface area (TPSA) is 114 Å². The van der Waals surface area contributed by atoms with Crippen molar-refractivity contribution in [2.75, 3.05) is 6.54 Å². The molecule has 0 saturated carbocycles. The van der Waals surface area contributed by atoms with Crippen LogP contribution in [0.25, 0.3) is 11.4 Å². The molecule has 1 aromatic carbocycles. The van der Waals surface area contributed by atoms with Gasteiger partial charge in [0.2, 0.25) is 11.7 Å². The van der Waals surface area contributed by atoms with E-state index in [1.165, 1.54) is 10.7 Å². The van der Waals surface area contributed by atoms with Crippen molar-refractivity contribution in [1.29, 1.82) is 0 Å². The number of carboxylic acid groups (broad SMARTS) is 1. The first-order valence-corrected chi connectivity index (χ1v) is 8.10. The van der Waals surface area contributed by atoms with E-state index in [2.05, 4.69) is 15.2 Å². The fourth-order valence-electron chi connectivity index (χ4n) is 2.88. The lowest BCUT2D eigenvalue weighted by atomic mass is 10.2. The quantitative estimate of drug-likeness (QED) is 0.759. The monoisotopic (exact) mass is 353 g/mol. The number of aromatic carboxylic acids is 1. The Bertz CT molecular complexity index is 963. The number of benzene rings is 1. The molecule has 0 unspecified atom stereocenters. The molecule has 0 spiro atoms. The molecule has 0 atom stereocenters. The predicted molar refractivity (Wildman–Crippen MR) is 88.3 cm³/mol. The molecule has 1 aliphatic rings. The highest BCUT2D eigenvalue weighted by molar-refractivity contribution is 5.95. The molecule has 1 N–H and O–H groups in total. The summed E-state index contributed by atoms with van der Waals surface area (Å²) in [7, 11) is 0. The van der Waals surface area contributed by atoms with Crippen LogP contribution in [0.15, 0.2) is 40.9 Å². The Balaban J connectivity index is 1.55. The van der Waals surface area contributed by atoms with Gasteiger partial charge in [-0.1, -0.05) is 35.5 Å². The molecule has 0 radical (unpaired) electrons. The minimum Gasteiger partial charge on any atom is -0.476 e. The van der Waals surface area contributed by atoms with E-state index >= 15 is 0 Å². The number of aromatic nitrogens is 4. The molecule has 2 aromatic heterocycles. The molecule has 0 aliphatic carbocycles. The molecule has 9 heteroatoms. The summed E-state index contributed by atoms with van der Waals surface area (Å²) in [6.45, 7) is 1.13. The van der Waals surface area contributed by atoms with Crippen molar-refractivity contribution in [2.45, 2.75) is 19.5 Å². The molecule has 0 bridgehead atoms. The van der Waals surface area contributed by atoms with Gasteiger partial charge in [0.05, 0.1) is 0 Å². The second-order valence-corrected chi connectivity index (χ2v) is 5.90. The normalized spacial score (nSPS) is 14.2. The van der Waals surface area contributed by atoms with Gasteiger partial charge in [0.15, 0.2) is 5.69 Å². The van der Waals surface area contributed by atoms with Crippen molar-refractivity contribution in [3.63, 3.8) is 0 Å². The van der Waals surface area contributed by atoms with Crippen molar-refractivity contribution in [1.82, 2.24) is 24.8 Å². The zero-order chi connectivity index (χ0) is 18.1. The number of amides is 1. The molecular weight excluding hydrogens is 338 g/mol. The average molecular weight is 353 g/mol. The summed E-state index contributed by atoms with van der Waals surface area (Å²) in [6, 6.07) is 10.7. The third-order valence-electron chi connectivity index (χ3n) is 4.13. The van der Waals surface area contributed by atoms with Gasteiger partial charge >= 0.3 is 5.97 Å².